The van der Waals surface area contributed by atoms with E-state index in [4.69, 9.17) is 4.98 Å². The smallest absolute Gasteiger partial charge is 0.187 e. The molecule has 6 heteroatoms. The van der Waals surface area contributed by atoms with Gasteiger partial charge in [-0.25, -0.2) is 19.9 Å². The van der Waals surface area contributed by atoms with E-state index in [9.17, 15) is 0 Å². The van der Waals surface area contributed by atoms with E-state index in [2.05, 4.69) is 26.8 Å². The summed E-state index contributed by atoms with van der Waals surface area (Å²) in [4.78, 5) is 20.8. The maximum Gasteiger partial charge on any atom is 0.187 e. The fourth-order valence-corrected chi connectivity index (χ4v) is 3.56. The van der Waals surface area contributed by atoms with Crippen LogP contribution < -0.4 is 0 Å². The van der Waals surface area contributed by atoms with Crippen LogP contribution in [0.5, 0.6) is 0 Å². The summed E-state index contributed by atoms with van der Waals surface area (Å²) in [6, 6.07) is 10.1. The Hall–Kier alpha value is -2.31. The molecule has 0 fully saturated rings. The average Bonchev–Trinajstić information content (AvgIpc) is 2.69. The topological polar surface area (TPSA) is 54.8 Å². The van der Waals surface area contributed by atoms with Crippen molar-refractivity contribution in [3.8, 4) is 11.4 Å². The Morgan fingerprint density at radius 1 is 1.08 bits per heavy atom. The number of hydrogen-bond acceptors (Lipinski definition) is 6. The number of nitrogens with zero attached hydrogens (tertiary/aromatic N) is 5. The minimum absolute atomic E-state index is 0.786. The van der Waals surface area contributed by atoms with Gasteiger partial charge in [-0.15, -0.1) is 0 Å². The quantitative estimate of drug-likeness (QED) is 0.522. The van der Waals surface area contributed by atoms with Gasteiger partial charge < -0.3 is 0 Å². The number of hydrogen-bond donors (Lipinski definition) is 0. The predicted octanol–water partition coefficient (Wildman–Crippen LogP) is 3.52. The van der Waals surface area contributed by atoms with Gasteiger partial charge in [-0.3, -0.25) is 4.90 Å². The van der Waals surface area contributed by atoms with Crippen LogP contribution in [0.3, 0.4) is 0 Å². The molecule has 0 radical (unpaired) electrons. The van der Waals surface area contributed by atoms with E-state index in [-0.39, 0.29) is 0 Å². The van der Waals surface area contributed by atoms with Gasteiger partial charge in [-0.2, -0.15) is 0 Å². The lowest BCUT2D eigenvalue weighted by atomic mass is 10.1. The minimum Gasteiger partial charge on any atom is -0.294 e. The molecule has 0 bridgehead atoms. The van der Waals surface area contributed by atoms with E-state index in [1.54, 1.807) is 11.8 Å². The van der Waals surface area contributed by atoms with Crippen molar-refractivity contribution >= 4 is 11.8 Å². The molecular formula is C20H21N5S. The fraction of sp³-hybridized carbons (Fsp3) is 0.300. The van der Waals surface area contributed by atoms with Crippen molar-refractivity contribution in [3.05, 3.63) is 65.2 Å². The number of rotatable bonds is 4. The third-order valence-corrected chi connectivity index (χ3v) is 5.24. The molecule has 1 aliphatic heterocycles. The van der Waals surface area contributed by atoms with Gasteiger partial charge in [0, 0.05) is 60.8 Å². The van der Waals surface area contributed by atoms with Crippen molar-refractivity contribution in [2.24, 2.45) is 0 Å². The van der Waals surface area contributed by atoms with Crippen molar-refractivity contribution in [1.82, 2.24) is 24.8 Å². The van der Waals surface area contributed by atoms with Crippen molar-refractivity contribution in [2.45, 2.75) is 31.6 Å². The zero-order valence-electron chi connectivity index (χ0n) is 15.0. The molecule has 26 heavy (non-hydrogen) atoms. The van der Waals surface area contributed by atoms with Crippen LogP contribution in [0.25, 0.3) is 11.4 Å². The highest BCUT2D eigenvalue weighted by Gasteiger charge is 2.19. The van der Waals surface area contributed by atoms with Crippen LogP contribution in [0, 0.1) is 6.92 Å². The van der Waals surface area contributed by atoms with Crippen molar-refractivity contribution in [1.29, 1.82) is 0 Å². The molecule has 0 N–H and O–H groups in total. The molecule has 0 saturated heterocycles. The molecule has 1 aromatic carbocycles. The molecule has 2 aromatic heterocycles. The molecule has 0 atom stereocenters. The second-order valence-corrected chi connectivity index (χ2v) is 7.23. The van der Waals surface area contributed by atoms with Crippen molar-refractivity contribution in [2.75, 3.05) is 12.8 Å². The molecule has 1 aliphatic rings. The van der Waals surface area contributed by atoms with E-state index in [0.29, 0.717) is 0 Å². The molecule has 0 saturated carbocycles. The zero-order chi connectivity index (χ0) is 17.9. The summed E-state index contributed by atoms with van der Waals surface area (Å²) in [6.07, 6.45) is 6.92. The van der Waals surface area contributed by atoms with Crippen LogP contribution in [0.2, 0.25) is 0 Å². The van der Waals surface area contributed by atoms with Crippen LogP contribution in [0.15, 0.2) is 47.9 Å². The van der Waals surface area contributed by atoms with Crippen LogP contribution in [-0.4, -0.2) is 37.6 Å². The summed E-state index contributed by atoms with van der Waals surface area (Å²) >= 11 is 1.59. The molecule has 3 aromatic rings. The Morgan fingerprint density at radius 2 is 1.92 bits per heavy atom. The zero-order valence-corrected chi connectivity index (χ0v) is 15.8. The molecule has 3 heterocycles. The first kappa shape index (κ1) is 17.1. The van der Waals surface area contributed by atoms with E-state index in [1.165, 1.54) is 16.8 Å². The van der Waals surface area contributed by atoms with Crippen LogP contribution in [0.1, 0.15) is 22.5 Å². The molecule has 0 aliphatic carbocycles. The lowest BCUT2D eigenvalue weighted by Crippen LogP contribution is -2.31. The van der Waals surface area contributed by atoms with Crippen LogP contribution >= 0.6 is 11.8 Å². The Kier molecular flexibility index (Phi) is 4.95. The largest absolute Gasteiger partial charge is 0.294 e. The number of aryl methyl sites for hydroxylation is 1. The van der Waals surface area contributed by atoms with E-state index >= 15 is 0 Å². The molecule has 0 spiro atoms. The average molecular weight is 363 g/mol. The first-order valence-electron chi connectivity index (χ1n) is 8.72. The monoisotopic (exact) mass is 363 g/mol. The normalized spacial score (nSPS) is 14.2. The summed E-state index contributed by atoms with van der Waals surface area (Å²) in [5.41, 5.74) is 5.69. The first-order valence-corrected chi connectivity index (χ1v) is 9.94. The third-order valence-electron chi connectivity index (χ3n) is 4.68. The number of thioether (sulfide) groups is 1. The second kappa shape index (κ2) is 7.51. The van der Waals surface area contributed by atoms with Gasteiger partial charge in [0.1, 0.15) is 0 Å². The third kappa shape index (κ3) is 3.61. The van der Waals surface area contributed by atoms with Crippen LogP contribution in [-0.2, 0) is 19.5 Å². The Bertz CT molecular complexity index is 913. The standard InChI is InChI=1S/C20H21N5S/c1-14-16(10-21-19(23-14)15-6-4-3-5-7-15)12-25-9-8-18-17(13-25)11-22-20(24-18)26-2/h3-7,10-11H,8-9,12-13H2,1-2H3. The van der Waals surface area contributed by atoms with Gasteiger partial charge in [-0.1, -0.05) is 42.1 Å². The molecule has 4 rings (SSSR count). The molecule has 5 nitrogen and oxygen atoms in total. The van der Waals surface area contributed by atoms with Crippen LogP contribution in [0.4, 0.5) is 0 Å². The Labute approximate surface area is 157 Å². The second-order valence-electron chi connectivity index (χ2n) is 6.46. The summed E-state index contributed by atoms with van der Waals surface area (Å²) in [5.74, 6) is 0.786. The summed E-state index contributed by atoms with van der Waals surface area (Å²) in [5, 5.41) is 0.859. The number of aromatic nitrogens is 4. The first-order chi connectivity index (χ1) is 12.7. The summed E-state index contributed by atoms with van der Waals surface area (Å²) in [7, 11) is 0. The highest BCUT2D eigenvalue weighted by molar-refractivity contribution is 7.98. The van der Waals surface area contributed by atoms with Gasteiger partial charge in [0.15, 0.2) is 11.0 Å². The predicted molar refractivity (Wildman–Crippen MR) is 104 cm³/mol. The Balaban J connectivity index is 1.49. The number of fused-ring (bicyclic) bond motifs is 1. The lowest BCUT2D eigenvalue weighted by Gasteiger charge is -2.28. The highest BCUT2D eigenvalue weighted by atomic mass is 32.2. The molecule has 0 unspecified atom stereocenters. The fourth-order valence-electron chi connectivity index (χ4n) is 3.20. The Morgan fingerprint density at radius 3 is 2.69 bits per heavy atom. The van der Waals surface area contributed by atoms with Gasteiger partial charge in [0.2, 0.25) is 0 Å². The SMILES string of the molecule is CSc1ncc2c(n1)CCN(Cc1cnc(-c3ccccc3)nc1C)C2. The van der Waals surface area contributed by atoms with Crippen molar-refractivity contribution < 1.29 is 0 Å². The van der Waals surface area contributed by atoms with Gasteiger partial charge in [-0.05, 0) is 13.2 Å². The van der Waals surface area contributed by atoms with Gasteiger partial charge in [0.05, 0.1) is 5.69 Å². The maximum absolute atomic E-state index is 4.71. The molecule has 132 valence electrons. The van der Waals surface area contributed by atoms with E-state index < -0.39 is 0 Å². The maximum atomic E-state index is 4.71. The summed E-state index contributed by atoms with van der Waals surface area (Å²) in [6.45, 7) is 4.79. The lowest BCUT2D eigenvalue weighted by molar-refractivity contribution is 0.241. The number of benzene rings is 1. The molecule has 0 amide bonds. The van der Waals surface area contributed by atoms with Gasteiger partial charge in [0.25, 0.3) is 0 Å². The van der Waals surface area contributed by atoms with E-state index in [1.807, 2.05) is 49.0 Å². The van der Waals surface area contributed by atoms with Crippen molar-refractivity contribution in [3.63, 3.8) is 0 Å². The van der Waals surface area contributed by atoms with Gasteiger partial charge >= 0.3 is 0 Å². The minimum atomic E-state index is 0.786. The summed E-state index contributed by atoms with van der Waals surface area (Å²) < 4.78 is 0. The highest BCUT2D eigenvalue weighted by Crippen LogP contribution is 2.22. The molecular weight excluding hydrogens is 342 g/mol. The van der Waals surface area contributed by atoms with E-state index in [0.717, 1.165) is 48.3 Å².